The van der Waals surface area contributed by atoms with Gasteiger partial charge in [-0.3, -0.25) is 4.79 Å². The average molecular weight is 321 g/mol. The Morgan fingerprint density at radius 2 is 1.96 bits per heavy atom. The van der Waals surface area contributed by atoms with Gasteiger partial charge in [0.05, 0.1) is 22.3 Å². The van der Waals surface area contributed by atoms with Crippen molar-refractivity contribution in [2.45, 2.75) is 26.4 Å². The van der Waals surface area contributed by atoms with Gasteiger partial charge in [-0.15, -0.1) is 0 Å². The minimum atomic E-state index is -4.51. The fourth-order valence-electron chi connectivity index (χ4n) is 2.62. The summed E-state index contributed by atoms with van der Waals surface area (Å²) >= 11 is 0. The zero-order valence-electron chi connectivity index (χ0n) is 12.5. The summed E-state index contributed by atoms with van der Waals surface area (Å²) in [5.74, 6) is 0. The number of aromatic nitrogens is 3. The maximum Gasteiger partial charge on any atom is 0.418 e. The van der Waals surface area contributed by atoms with Crippen LogP contribution in [0.4, 0.5) is 13.2 Å². The molecule has 0 fully saturated rings. The Morgan fingerprint density at radius 3 is 2.61 bits per heavy atom. The van der Waals surface area contributed by atoms with Gasteiger partial charge in [0.25, 0.3) is 0 Å². The van der Waals surface area contributed by atoms with Crippen LogP contribution in [0.25, 0.3) is 16.7 Å². The maximum atomic E-state index is 13.3. The molecule has 2 aromatic heterocycles. The van der Waals surface area contributed by atoms with Gasteiger partial charge in [-0.1, -0.05) is 19.1 Å². The molecule has 4 nitrogen and oxygen atoms in total. The zero-order chi connectivity index (χ0) is 16.8. The number of halogens is 3. The molecule has 1 N–H and O–H groups in total. The van der Waals surface area contributed by atoms with Gasteiger partial charge < -0.3 is 4.98 Å². The molecule has 0 amide bonds. The minimum absolute atomic E-state index is 0.109. The Bertz CT molecular complexity index is 938. The van der Waals surface area contributed by atoms with Crippen LogP contribution in [0.2, 0.25) is 0 Å². The second-order valence-electron chi connectivity index (χ2n) is 5.25. The molecule has 0 bridgehead atoms. The molecule has 0 radical (unpaired) electrons. The monoisotopic (exact) mass is 321 g/mol. The number of nitrogens with zero attached hydrogens (tertiary/aromatic N) is 2. The van der Waals surface area contributed by atoms with E-state index in [4.69, 9.17) is 0 Å². The molecule has 0 unspecified atom stereocenters. The van der Waals surface area contributed by atoms with Gasteiger partial charge in [-0.2, -0.15) is 18.3 Å². The topological polar surface area (TPSA) is 50.7 Å². The molecule has 3 aromatic rings. The van der Waals surface area contributed by atoms with E-state index in [9.17, 15) is 18.0 Å². The van der Waals surface area contributed by atoms with Crippen molar-refractivity contribution in [3.8, 4) is 5.69 Å². The molecular formula is C16H14F3N3O. The van der Waals surface area contributed by atoms with Crippen LogP contribution >= 0.6 is 0 Å². The number of nitrogens with one attached hydrogen (secondary N) is 1. The van der Waals surface area contributed by atoms with Gasteiger partial charge in [0.2, 0.25) is 0 Å². The van der Waals surface area contributed by atoms with E-state index in [-0.39, 0.29) is 16.8 Å². The molecule has 0 saturated heterocycles. The first-order chi connectivity index (χ1) is 10.8. The molecule has 7 heteroatoms. The predicted molar refractivity (Wildman–Crippen MR) is 80.8 cm³/mol. The number of aromatic amines is 1. The van der Waals surface area contributed by atoms with Gasteiger partial charge in [0, 0.05) is 11.8 Å². The van der Waals surface area contributed by atoms with E-state index in [1.54, 1.807) is 6.92 Å². The van der Waals surface area contributed by atoms with Crippen molar-refractivity contribution >= 4 is 11.0 Å². The SMILES string of the molecule is CCc1cc(=O)c2c(C)nn(-c3ccccc3C(F)(F)F)c2[nH]1. The van der Waals surface area contributed by atoms with E-state index < -0.39 is 11.7 Å². The molecule has 0 aliphatic heterocycles. The number of alkyl halides is 3. The number of hydrogen-bond acceptors (Lipinski definition) is 2. The van der Waals surface area contributed by atoms with Crippen LogP contribution in [0.1, 0.15) is 23.9 Å². The molecule has 2 heterocycles. The first kappa shape index (κ1) is 15.3. The highest BCUT2D eigenvalue weighted by Crippen LogP contribution is 2.34. The van der Waals surface area contributed by atoms with Gasteiger partial charge in [0.15, 0.2) is 5.43 Å². The van der Waals surface area contributed by atoms with Crippen LogP contribution in [-0.2, 0) is 12.6 Å². The highest BCUT2D eigenvalue weighted by atomic mass is 19.4. The van der Waals surface area contributed by atoms with E-state index >= 15 is 0 Å². The van der Waals surface area contributed by atoms with Crippen molar-refractivity contribution < 1.29 is 13.2 Å². The second kappa shape index (κ2) is 5.26. The van der Waals surface area contributed by atoms with Crippen LogP contribution in [0, 0.1) is 6.92 Å². The Hall–Kier alpha value is -2.57. The van der Waals surface area contributed by atoms with Gasteiger partial charge in [0.1, 0.15) is 5.65 Å². The van der Waals surface area contributed by atoms with E-state index in [0.29, 0.717) is 23.2 Å². The molecule has 0 spiro atoms. The molecule has 1 aromatic carbocycles. The third-order valence-electron chi connectivity index (χ3n) is 3.71. The number of rotatable bonds is 2. The Balaban J connectivity index is 2.39. The van der Waals surface area contributed by atoms with Gasteiger partial charge >= 0.3 is 6.18 Å². The summed E-state index contributed by atoms with van der Waals surface area (Å²) in [5, 5.41) is 4.46. The summed E-state index contributed by atoms with van der Waals surface area (Å²) in [4.78, 5) is 15.2. The van der Waals surface area contributed by atoms with Crippen LogP contribution in [-0.4, -0.2) is 14.8 Å². The first-order valence-corrected chi connectivity index (χ1v) is 7.11. The largest absolute Gasteiger partial charge is 0.418 e. The first-order valence-electron chi connectivity index (χ1n) is 7.11. The standard InChI is InChI=1S/C16H14F3N3O/c1-3-10-8-13(23)14-9(2)21-22(15(14)20-10)12-7-5-4-6-11(12)16(17,18)19/h4-8H,3H2,1-2H3,(H,20,23). The molecule has 3 rings (SSSR count). The zero-order valence-corrected chi connectivity index (χ0v) is 12.5. The van der Waals surface area contributed by atoms with Crippen LogP contribution < -0.4 is 5.43 Å². The Morgan fingerprint density at radius 1 is 1.26 bits per heavy atom. The molecule has 120 valence electrons. The summed E-state index contributed by atoms with van der Waals surface area (Å²) < 4.78 is 40.9. The van der Waals surface area contributed by atoms with Crippen LogP contribution in [0.5, 0.6) is 0 Å². The smallest absolute Gasteiger partial charge is 0.343 e. The summed E-state index contributed by atoms with van der Waals surface area (Å²) in [6.45, 7) is 3.46. The second-order valence-corrected chi connectivity index (χ2v) is 5.25. The van der Waals surface area contributed by atoms with Crippen molar-refractivity contribution in [2.75, 3.05) is 0 Å². The summed E-state index contributed by atoms with van der Waals surface area (Å²) in [5.41, 5.74) is 0.163. The fraction of sp³-hybridized carbons (Fsp3) is 0.250. The lowest BCUT2D eigenvalue weighted by atomic mass is 10.1. The summed E-state index contributed by atoms with van der Waals surface area (Å²) in [6, 6.07) is 6.63. The summed E-state index contributed by atoms with van der Waals surface area (Å²) in [7, 11) is 0. The van der Waals surface area contributed by atoms with E-state index in [1.165, 1.54) is 24.3 Å². The molecule has 23 heavy (non-hydrogen) atoms. The highest BCUT2D eigenvalue weighted by Gasteiger charge is 2.34. The number of H-pyrrole nitrogens is 1. The lowest BCUT2D eigenvalue weighted by molar-refractivity contribution is -0.137. The average Bonchev–Trinajstić information content (AvgIpc) is 2.83. The van der Waals surface area contributed by atoms with Crippen LogP contribution in [0.15, 0.2) is 35.1 Å². The summed E-state index contributed by atoms with van der Waals surface area (Å²) in [6.07, 6.45) is -3.94. The quantitative estimate of drug-likeness (QED) is 0.784. The van der Waals surface area contributed by atoms with E-state index in [2.05, 4.69) is 10.1 Å². The number of hydrogen-bond donors (Lipinski definition) is 1. The lowest BCUT2D eigenvalue weighted by Gasteiger charge is -2.13. The normalized spacial score (nSPS) is 12.0. The van der Waals surface area contributed by atoms with Gasteiger partial charge in [-0.25, -0.2) is 4.68 Å². The predicted octanol–water partition coefficient (Wildman–Crippen LogP) is 3.60. The van der Waals surface area contributed by atoms with Crippen molar-refractivity contribution in [1.29, 1.82) is 0 Å². The van der Waals surface area contributed by atoms with E-state index in [0.717, 1.165) is 10.7 Å². The molecular weight excluding hydrogens is 307 g/mol. The molecule has 0 aliphatic carbocycles. The maximum absolute atomic E-state index is 13.3. The fourth-order valence-corrected chi connectivity index (χ4v) is 2.62. The highest BCUT2D eigenvalue weighted by molar-refractivity contribution is 5.80. The van der Waals surface area contributed by atoms with Crippen molar-refractivity contribution in [2.24, 2.45) is 0 Å². The molecule has 0 saturated carbocycles. The number of benzene rings is 1. The molecule has 0 aliphatic rings. The van der Waals surface area contributed by atoms with Crippen molar-refractivity contribution in [3.63, 3.8) is 0 Å². The molecule has 0 atom stereocenters. The number of para-hydroxylation sites is 1. The lowest BCUT2D eigenvalue weighted by Crippen LogP contribution is -2.12. The minimum Gasteiger partial charge on any atom is -0.343 e. The van der Waals surface area contributed by atoms with Crippen LogP contribution in [0.3, 0.4) is 0 Å². The van der Waals surface area contributed by atoms with Gasteiger partial charge in [-0.05, 0) is 25.5 Å². The van der Waals surface area contributed by atoms with Crippen molar-refractivity contribution in [1.82, 2.24) is 14.8 Å². The third kappa shape index (κ3) is 2.52. The van der Waals surface area contributed by atoms with E-state index in [1.807, 2.05) is 6.92 Å². The number of aryl methyl sites for hydroxylation is 2. The third-order valence-corrected chi connectivity index (χ3v) is 3.71. The number of fused-ring (bicyclic) bond motifs is 1. The Kier molecular flexibility index (Phi) is 3.50. The van der Waals surface area contributed by atoms with Crippen molar-refractivity contribution in [3.05, 3.63) is 57.5 Å². The number of pyridine rings is 1. The Labute approximate surface area is 129 Å².